The second kappa shape index (κ2) is 7.43. The molecule has 1 fully saturated rings. The first-order valence-electron chi connectivity index (χ1n) is 9.51. The molecule has 1 aliphatic heterocycles. The van der Waals surface area contributed by atoms with Crippen LogP contribution < -0.4 is 4.90 Å². The van der Waals surface area contributed by atoms with Gasteiger partial charge >= 0.3 is 0 Å². The summed E-state index contributed by atoms with van der Waals surface area (Å²) in [6.07, 6.45) is 2.35. The summed E-state index contributed by atoms with van der Waals surface area (Å²) in [7, 11) is 0. The average Bonchev–Trinajstić information content (AvgIpc) is 3.35. The third-order valence-electron chi connectivity index (χ3n) is 5.17. The Morgan fingerprint density at radius 2 is 1.83 bits per heavy atom. The van der Waals surface area contributed by atoms with Crippen LogP contribution in [-0.4, -0.2) is 16.8 Å². The van der Waals surface area contributed by atoms with Crippen LogP contribution in [0.1, 0.15) is 35.4 Å². The van der Waals surface area contributed by atoms with Crippen molar-refractivity contribution >= 4 is 23.1 Å². The number of nitrogens with zero attached hydrogens (tertiary/aromatic N) is 1. The first-order valence-corrected chi connectivity index (χ1v) is 9.51. The number of ketones is 1. The minimum Gasteiger partial charge on any atom is -0.507 e. The molecule has 4 rings (SSSR count). The molecule has 1 N–H and O–H groups in total. The highest BCUT2D eigenvalue weighted by molar-refractivity contribution is 6.51. The van der Waals surface area contributed by atoms with Crippen LogP contribution in [0, 0.1) is 6.92 Å². The number of carbonyl (C=O) groups is 2. The van der Waals surface area contributed by atoms with E-state index >= 15 is 0 Å². The summed E-state index contributed by atoms with van der Waals surface area (Å²) in [4.78, 5) is 27.3. The van der Waals surface area contributed by atoms with E-state index in [4.69, 9.17) is 4.42 Å². The molecule has 0 bridgehead atoms. The molecule has 1 amide bonds. The summed E-state index contributed by atoms with van der Waals surface area (Å²) in [5, 5.41) is 11.0. The predicted molar refractivity (Wildman–Crippen MR) is 110 cm³/mol. The molecule has 3 aromatic rings. The van der Waals surface area contributed by atoms with Gasteiger partial charge in [0, 0.05) is 11.3 Å². The van der Waals surface area contributed by atoms with Crippen LogP contribution in [0.5, 0.6) is 0 Å². The number of Topliss-reactive ketones (excluding diaryl/α,β-unsaturated/α-hetero) is 1. The van der Waals surface area contributed by atoms with E-state index in [0.717, 1.165) is 17.5 Å². The number of amides is 1. The van der Waals surface area contributed by atoms with E-state index < -0.39 is 17.7 Å². The van der Waals surface area contributed by atoms with Gasteiger partial charge in [-0.05, 0) is 48.7 Å². The van der Waals surface area contributed by atoms with E-state index in [9.17, 15) is 14.7 Å². The number of furan rings is 1. The first kappa shape index (κ1) is 18.7. The SMILES string of the molecule is CCc1ccc(/C(O)=C2/C(=O)C(=O)N(c3cccc(C)c3)C2c2ccco2)cc1. The Bertz CT molecular complexity index is 1090. The fourth-order valence-electron chi connectivity index (χ4n) is 3.65. The fraction of sp³-hybridized carbons (Fsp3) is 0.167. The second-order valence-corrected chi connectivity index (χ2v) is 7.07. The lowest BCUT2D eigenvalue weighted by Crippen LogP contribution is -2.29. The first-order chi connectivity index (χ1) is 14.0. The Labute approximate surface area is 168 Å². The molecule has 29 heavy (non-hydrogen) atoms. The molecule has 1 atom stereocenters. The number of aliphatic hydroxyl groups is 1. The Balaban J connectivity index is 1.90. The van der Waals surface area contributed by atoms with E-state index in [0.29, 0.717) is 17.0 Å². The van der Waals surface area contributed by atoms with Gasteiger partial charge in [-0.3, -0.25) is 14.5 Å². The van der Waals surface area contributed by atoms with Gasteiger partial charge < -0.3 is 9.52 Å². The van der Waals surface area contributed by atoms with Crippen molar-refractivity contribution in [3.05, 3.63) is 95.0 Å². The zero-order valence-electron chi connectivity index (χ0n) is 16.3. The van der Waals surface area contributed by atoms with Gasteiger partial charge in [-0.2, -0.15) is 0 Å². The Kier molecular flexibility index (Phi) is 4.80. The maximum atomic E-state index is 13.0. The molecular weight excluding hydrogens is 366 g/mol. The number of anilines is 1. The van der Waals surface area contributed by atoms with Gasteiger partial charge in [-0.1, -0.05) is 43.3 Å². The minimum absolute atomic E-state index is 0.0238. The van der Waals surface area contributed by atoms with Crippen LogP contribution in [0.2, 0.25) is 0 Å². The van der Waals surface area contributed by atoms with Crippen LogP contribution in [0.3, 0.4) is 0 Å². The summed E-state index contributed by atoms with van der Waals surface area (Å²) in [5.41, 5.74) is 3.16. The summed E-state index contributed by atoms with van der Waals surface area (Å²) in [6, 6.07) is 17.2. The maximum Gasteiger partial charge on any atom is 0.300 e. The molecule has 1 saturated heterocycles. The van der Waals surface area contributed by atoms with Gasteiger partial charge in [-0.25, -0.2) is 0 Å². The molecule has 1 unspecified atom stereocenters. The topological polar surface area (TPSA) is 70.8 Å². The molecule has 5 nitrogen and oxygen atoms in total. The maximum absolute atomic E-state index is 13.0. The zero-order chi connectivity index (χ0) is 20.5. The van der Waals surface area contributed by atoms with Crippen molar-refractivity contribution in [1.29, 1.82) is 0 Å². The van der Waals surface area contributed by atoms with E-state index in [1.165, 1.54) is 11.2 Å². The molecular formula is C24H21NO4. The molecule has 5 heteroatoms. The summed E-state index contributed by atoms with van der Waals surface area (Å²) in [6.45, 7) is 3.95. The van der Waals surface area contributed by atoms with E-state index in [-0.39, 0.29) is 11.3 Å². The number of hydrogen-bond acceptors (Lipinski definition) is 4. The monoisotopic (exact) mass is 387 g/mol. The van der Waals surface area contributed by atoms with Crippen molar-refractivity contribution in [3.63, 3.8) is 0 Å². The van der Waals surface area contributed by atoms with E-state index in [1.807, 2.05) is 44.2 Å². The van der Waals surface area contributed by atoms with Crippen LogP contribution >= 0.6 is 0 Å². The highest BCUT2D eigenvalue weighted by atomic mass is 16.3. The molecule has 1 aromatic heterocycles. The van der Waals surface area contributed by atoms with Gasteiger partial charge in [0.05, 0.1) is 11.8 Å². The smallest absolute Gasteiger partial charge is 0.300 e. The van der Waals surface area contributed by atoms with Crippen LogP contribution in [0.4, 0.5) is 5.69 Å². The standard InChI is InChI=1S/C24H21NO4/c1-3-16-9-11-17(12-10-16)22(26)20-21(19-8-5-13-29-19)25(24(28)23(20)27)18-7-4-6-15(2)14-18/h4-14,21,26H,3H2,1-2H3/b22-20-. The summed E-state index contributed by atoms with van der Waals surface area (Å²) >= 11 is 0. The lowest BCUT2D eigenvalue weighted by Gasteiger charge is -2.23. The third-order valence-corrected chi connectivity index (χ3v) is 5.17. The average molecular weight is 387 g/mol. The lowest BCUT2D eigenvalue weighted by molar-refractivity contribution is -0.132. The number of aliphatic hydroxyl groups excluding tert-OH is 1. The molecule has 1 aliphatic rings. The molecule has 146 valence electrons. The van der Waals surface area contributed by atoms with Crippen molar-refractivity contribution in [2.24, 2.45) is 0 Å². The number of carbonyl (C=O) groups excluding carboxylic acids is 2. The van der Waals surface area contributed by atoms with Crippen molar-refractivity contribution in [3.8, 4) is 0 Å². The molecule has 0 aliphatic carbocycles. The van der Waals surface area contributed by atoms with Gasteiger partial charge in [-0.15, -0.1) is 0 Å². The highest BCUT2D eigenvalue weighted by Gasteiger charge is 2.48. The Hall–Kier alpha value is -3.60. The molecule has 0 saturated carbocycles. The lowest BCUT2D eigenvalue weighted by atomic mass is 9.98. The molecule has 0 radical (unpaired) electrons. The van der Waals surface area contributed by atoms with Crippen LogP contribution in [0.15, 0.2) is 76.9 Å². The second-order valence-electron chi connectivity index (χ2n) is 7.07. The number of benzene rings is 2. The quantitative estimate of drug-likeness (QED) is 0.397. The Morgan fingerprint density at radius 1 is 1.07 bits per heavy atom. The largest absolute Gasteiger partial charge is 0.507 e. The van der Waals surface area contributed by atoms with Crippen LogP contribution in [-0.2, 0) is 16.0 Å². The van der Waals surface area contributed by atoms with Crippen LogP contribution in [0.25, 0.3) is 5.76 Å². The molecule has 2 aromatic carbocycles. The number of rotatable bonds is 4. The normalized spacial score (nSPS) is 18.4. The van der Waals surface area contributed by atoms with E-state index in [2.05, 4.69) is 0 Å². The van der Waals surface area contributed by atoms with Gasteiger partial charge in [0.25, 0.3) is 11.7 Å². The molecule has 0 spiro atoms. The van der Waals surface area contributed by atoms with Gasteiger partial charge in [0.1, 0.15) is 17.6 Å². The minimum atomic E-state index is -0.836. The number of aryl methyl sites for hydroxylation is 2. The summed E-state index contributed by atoms with van der Waals surface area (Å²) < 4.78 is 5.56. The van der Waals surface area contributed by atoms with Crippen molar-refractivity contribution in [2.75, 3.05) is 4.90 Å². The van der Waals surface area contributed by atoms with Crippen molar-refractivity contribution in [1.82, 2.24) is 0 Å². The Morgan fingerprint density at radius 3 is 2.45 bits per heavy atom. The van der Waals surface area contributed by atoms with Gasteiger partial charge in [0.2, 0.25) is 0 Å². The van der Waals surface area contributed by atoms with Crippen molar-refractivity contribution < 1.29 is 19.1 Å². The van der Waals surface area contributed by atoms with Gasteiger partial charge in [0.15, 0.2) is 0 Å². The van der Waals surface area contributed by atoms with E-state index in [1.54, 1.807) is 30.3 Å². The fourth-order valence-corrected chi connectivity index (χ4v) is 3.65. The predicted octanol–water partition coefficient (Wildman–Crippen LogP) is 4.78. The zero-order valence-corrected chi connectivity index (χ0v) is 16.3. The van der Waals surface area contributed by atoms with Crippen molar-refractivity contribution in [2.45, 2.75) is 26.3 Å². The molecule has 2 heterocycles. The number of hydrogen-bond donors (Lipinski definition) is 1. The summed E-state index contributed by atoms with van der Waals surface area (Å²) in [5.74, 6) is -1.21. The third kappa shape index (κ3) is 3.25. The highest BCUT2D eigenvalue weighted by Crippen LogP contribution is 2.42.